The van der Waals surface area contributed by atoms with Crippen molar-refractivity contribution in [2.45, 2.75) is 6.42 Å². The molecule has 2 aromatic rings. The Morgan fingerprint density at radius 1 is 1.11 bits per heavy atom. The molecule has 18 heavy (non-hydrogen) atoms. The number of hydrogen-bond acceptors (Lipinski definition) is 3. The molecule has 0 atom stereocenters. The van der Waals surface area contributed by atoms with Crippen molar-refractivity contribution in [3.8, 4) is 16.9 Å². The summed E-state index contributed by atoms with van der Waals surface area (Å²) in [7, 11) is 1.65. The molecule has 0 aliphatic heterocycles. The van der Waals surface area contributed by atoms with E-state index >= 15 is 0 Å². The molecule has 0 spiro atoms. The number of rotatable bonds is 4. The van der Waals surface area contributed by atoms with Crippen molar-refractivity contribution in [2.24, 2.45) is 0 Å². The van der Waals surface area contributed by atoms with Gasteiger partial charge in [-0.1, -0.05) is 24.3 Å². The molecule has 0 saturated heterocycles. The fourth-order valence-electron chi connectivity index (χ4n) is 2.04. The first-order valence-electron chi connectivity index (χ1n) is 5.89. The number of nitrogen functional groups attached to an aromatic ring is 1. The maximum Gasteiger partial charge on any atom is 0.118 e. The number of anilines is 1. The van der Waals surface area contributed by atoms with Crippen molar-refractivity contribution in [2.75, 3.05) is 19.5 Å². The molecular weight excluding hydrogens is 226 g/mol. The van der Waals surface area contributed by atoms with Gasteiger partial charge in [-0.3, -0.25) is 0 Å². The zero-order valence-electron chi connectivity index (χ0n) is 10.4. The fourth-order valence-corrected chi connectivity index (χ4v) is 2.04. The summed E-state index contributed by atoms with van der Waals surface area (Å²) in [5.41, 5.74) is 9.81. The molecule has 0 aliphatic carbocycles. The second kappa shape index (κ2) is 5.56. The first-order chi connectivity index (χ1) is 8.76. The average molecular weight is 243 g/mol. The van der Waals surface area contributed by atoms with E-state index in [1.54, 1.807) is 7.11 Å². The van der Waals surface area contributed by atoms with Crippen LogP contribution in [0.4, 0.5) is 5.69 Å². The molecule has 2 aromatic carbocycles. The summed E-state index contributed by atoms with van der Waals surface area (Å²) in [4.78, 5) is 0. The lowest BCUT2D eigenvalue weighted by Crippen LogP contribution is -2.00. The van der Waals surface area contributed by atoms with Crippen molar-refractivity contribution in [1.29, 1.82) is 0 Å². The van der Waals surface area contributed by atoms with Crippen molar-refractivity contribution in [3.05, 3.63) is 48.0 Å². The highest BCUT2D eigenvalue weighted by molar-refractivity contribution is 5.73. The van der Waals surface area contributed by atoms with Gasteiger partial charge in [-0.25, -0.2) is 0 Å². The predicted octanol–water partition coefficient (Wildman–Crippen LogP) is 2.48. The maximum absolute atomic E-state index is 9.12. The minimum atomic E-state index is 0.0946. The molecule has 0 amide bonds. The smallest absolute Gasteiger partial charge is 0.118 e. The van der Waals surface area contributed by atoms with Crippen molar-refractivity contribution < 1.29 is 9.84 Å². The molecule has 3 nitrogen and oxygen atoms in total. The molecule has 0 aromatic heterocycles. The Morgan fingerprint density at radius 3 is 2.44 bits per heavy atom. The highest BCUT2D eigenvalue weighted by Crippen LogP contribution is 2.29. The van der Waals surface area contributed by atoms with Crippen LogP contribution < -0.4 is 10.5 Å². The first kappa shape index (κ1) is 12.5. The number of nitrogens with two attached hydrogens (primary N) is 1. The average Bonchev–Trinajstić information content (AvgIpc) is 2.41. The zero-order valence-corrected chi connectivity index (χ0v) is 10.4. The van der Waals surface area contributed by atoms with Crippen LogP contribution in [0, 0.1) is 0 Å². The van der Waals surface area contributed by atoms with Gasteiger partial charge in [-0.2, -0.15) is 0 Å². The standard InChI is InChI=1S/C15H17NO2/c1-18-12-7-5-11(6-8-12)13-3-2-4-15(16)14(13)9-10-17/h2-8,17H,9-10,16H2,1H3. The number of aliphatic hydroxyl groups is 1. The van der Waals surface area contributed by atoms with Gasteiger partial charge in [0, 0.05) is 12.3 Å². The van der Waals surface area contributed by atoms with Gasteiger partial charge >= 0.3 is 0 Å². The number of ether oxygens (including phenoxy) is 1. The Bertz CT molecular complexity index is 521. The maximum atomic E-state index is 9.12. The molecule has 0 heterocycles. The number of benzene rings is 2. The largest absolute Gasteiger partial charge is 0.497 e. The summed E-state index contributed by atoms with van der Waals surface area (Å²) in [5, 5.41) is 9.12. The molecule has 0 unspecified atom stereocenters. The van der Waals surface area contributed by atoms with Crippen molar-refractivity contribution >= 4 is 5.69 Å². The highest BCUT2D eigenvalue weighted by Gasteiger charge is 2.07. The number of methoxy groups -OCH3 is 1. The lowest BCUT2D eigenvalue weighted by atomic mass is 9.96. The quantitative estimate of drug-likeness (QED) is 0.811. The number of hydrogen-bond donors (Lipinski definition) is 2. The van der Waals surface area contributed by atoms with Gasteiger partial charge in [-0.05, 0) is 41.3 Å². The van der Waals surface area contributed by atoms with E-state index in [1.165, 1.54) is 0 Å². The second-order valence-electron chi connectivity index (χ2n) is 4.08. The zero-order chi connectivity index (χ0) is 13.0. The van der Waals surface area contributed by atoms with Crippen LogP contribution in [0.25, 0.3) is 11.1 Å². The molecule has 0 radical (unpaired) electrons. The minimum Gasteiger partial charge on any atom is -0.497 e. The Hall–Kier alpha value is -2.00. The highest BCUT2D eigenvalue weighted by atomic mass is 16.5. The third-order valence-electron chi connectivity index (χ3n) is 2.98. The molecule has 0 aliphatic rings. The van der Waals surface area contributed by atoms with Crippen LogP contribution >= 0.6 is 0 Å². The summed E-state index contributed by atoms with van der Waals surface area (Å²) in [5.74, 6) is 0.825. The van der Waals surface area contributed by atoms with Crippen LogP contribution in [0.3, 0.4) is 0 Å². The van der Waals surface area contributed by atoms with E-state index in [0.717, 1.165) is 28.1 Å². The van der Waals surface area contributed by atoms with E-state index < -0.39 is 0 Å². The lowest BCUT2D eigenvalue weighted by molar-refractivity contribution is 0.300. The van der Waals surface area contributed by atoms with Crippen LogP contribution in [-0.2, 0) is 6.42 Å². The molecule has 0 saturated carbocycles. The molecule has 3 N–H and O–H groups in total. The summed E-state index contributed by atoms with van der Waals surface area (Å²) in [6.07, 6.45) is 0.564. The predicted molar refractivity (Wildman–Crippen MR) is 73.6 cm³/mol. The Kier molecular flexibility index (Phi) is 3.85. The Balaban J connectivity index is 2.45. The second-order valence-corrected chi connectivity index (χ2v) is 4.08. The molecule has 2 rings (SSSR count). The summed E-state index contributed by atoms with van der Waals surface area (Å²) >= 11 is 0. The minimum absolute atomic E-state index is 0.0946. The van der Waals surface area contributed by atoms with Gasteiger partial charge in [0.2, 0.25) is 0 Å². The molecule has 3 heteroatoms. The summed E-state index contributed by atoms with van der Waals surface area (Å²) < 4.78 is 5.14. The Morgan fingerprint density at radius 2 is 1.83 bits per heavy atom. The van der Waals surface area contributed by atoms with Crippen LogP contribution in [-0.4, -0.2) is 18.8 Å². The summed E-state index contributed by atoms with van der Waals surface area (Å²) in [6.45, 7) is 0.0946. The molecule has 0 fully saturated rings. The summed E-state index contributed by atoms with van der Waals surface area (Å²) in [6, 6.07) is 13.6. The molecular formula is C15H17NO2. The third-order valence-corrected chi connectivity index (χ3v) is 2.98. The third kappa shape index (κ3) is 2.46. The van der Waals surface area contributed by atoms with E-state index in [0.29, 0.717) is 6.42 Å². The van der Waals surface area contributed by atoms with E-state index in [2.05, 4.69) is 0 Å². The van der Waals surface area contributed by atoms with Crippen molar-refractivity contribution in [1.82, 2.24) is 0 Å². The SMILES string of the molecule is COc1ccc(-c2cccc(N)c2CCO)cc1. The van der Waals surface area contributed by atoms with Gasteiger partial charge in [0.25, 0.3) is 0 Å². The fraction of sp³-hybridized carbons (Fsp3) is 0.200. The molecule has 94 valence electrons. The van der Waals surface area contributed by atoms with Crippen LogP contribution in [0.5, 0.6) is 5.75 Å². The van der Waals surface area contributed by atoms with Gasteiger partial charge in [0.15, 0.2) is 0 Å². The monoisotopic (exact) mass is 243 g/mol. The van der Waals surface area contributed by atoms with E-state index in [4.69, 9.17) is 15.6 Å². The lowest BCUT2D eigenvalue weighted by Gasteiger charge is -2.12. The van der Waals surface area contributed by atoms with Gasteiger partial charge in [-0.15, -0.1) is 0 Å². The van der Waals surface area contributed by atoms with Crippen LogP contribution in [0.1, 0.15) is 5.56 Å². The topological polar surface area (TPSA) is 55.5 Å². The normalized spacial score (nSPS) is 10.3. The van der Waals surface area contributed by atoms with Gasteiger partial charge in [0.1, 0.15) is 5.75 Å². The van der Waals surface area contributed by atoms with E-state index in [9.17, 15) is 0 Å². The van der Waals surface area contributed by atoms with E-state index in [1.807, 2.05) is 42.5 Å². The van der Waals surface area contributed by atoms with Gasteiger partial charge in [0.05, 0.1) is 7.11 Å². The first-order valence-corrected chi connectivity index (χ1v) is 5.89. The van der Waals surface area contributed by atoms with Crippen molar-refractivity contribution in [3.63, 3.8) is 0 Å². The Labute approximate surface area is 107 Å². The number of aliphatic hydroxyl groups excluding tert-OH is 1. The van der Waals surface area contributed by atoms with Crippen LogP contribution in [0.2, 0.25) is 0 Å². The van der Waals surface area contributed by atoms with E-state index in [-0.39, 0.29) is 6.61 Å². The van der Waals surface area contributed by atoms with Gasteiger partial charge < -0.3 is 15.6 Å². The molecule has 0 bridgehead atoms. The van der Waals surface area contributed by atoms with Crippen LogP contribution in [0.15, 0.2) is 42.5 Å².